The standard InChI is InChI=1S/C43H75IO6Si2/c1-31-19-17-16-18-20-39(49-51(12,13)42(5,6)7)38(47-30-35-22-24-36(46-11)25-23-35)26-21-32(2)28-40(50-52(14,15)43(8,9)10)34(4)41(45)48-37(27-31)29-33(3)44/h16-17,22-25,29,31-32,34,37-40H,18-21,26-28,30H2,1-15H3/b17-16+,33-29+/t31-,32-,34-,37-,38-,39-,40+/m0/s1. The molecule has 1 aliphatic rings. The first-order chi connectivity index (χ1) is 24.0. The quantitative estimate of drug-likeness (QED) is 0.107. The third-order valence-corrected chi connectivity index (χ3v) is 21.1. The van der Waals surface area contributed by atoms with Gasteiger partial charge in [-0.2, -0.15) is 0 Å². The fourth-order valence-corrected chi connectivity index (χ4v) is 9.26. The molecule has 1 aromatic carbocycles. The van der Waals surface area contributed by atoms with E-state index >= 15 is 0 Å². The third kappa shape index (κ3) is 15.6. The van der Waals surface area contributed by atoms with Crippen LogP contribution in [-0.2, 0) is 29.7 Å². The van der Waals surface area contributed by atoms with Gasteiger partial charge in [0.05, 0.1) is 37.9 Å². The number of carbonyl (C=O) groups excluding carboxylic acids is 1. The van der Waals surface area contributed by atoms with Crippen molar-refractivity contribution in [2.45, 2.75) is 181 Å². The van der Waals surface area contributed by atoms with E-state index in [0.29, 0.717) is 18.4 Å². The first-order valence-electron chi connectivity index (χ1n) is 19.7. The van der Waals surface area contributed by atoms with E-state index in [1.807, 2.05) is 19.1 Å². The molecule has 0 aromatic heterocycles. The van der Waals surface area contributed by atoms with Crippen molar-refractivity contribution in [3.8, 4) is 5.75 Å². The molecule has 1 heterocycles. The van der Waals surface area contributed by atoms with Crippen LogP contribution in [0.1, 0.15) is 120 Å². The summed E-state index contributed by atoms with van der Waals surface area (Å²) in [6, 6.07) is 8.16. The Bertz CT molecular complexity index is 1280. The van der Waals surface area contributed by atoms with Crippen LogP contribution in [0.4, 0.5) is 0 Å². The van der Waals surface area contributed by atoms with Gasteiger partial charge in [0.15, 0.2) is 16.6 Å². The fraction of sp³-hybridized carbons (Fsp3) is 0.744. The van der Waals surface area contributed by atoms with Gasteiger partial charge in [-0.25, -0.2) is 0 Å². The molecule has 0 saturated heterocycles. The van der Waals surface area contributed by atoms with Gasteiger partial charge in [0.2, 0.25) is 0 Å². The average Bonchev–Trinajstić information content (AvgIpc) is 3.01. The molecule has 0 fully saturated rings. The molecule has 9 heteroatoms. The van der Waals surface area contributed by atoms with Crippen molar-refractivity contribution in [2.75, 3.05) is 7.11 Å². The number of esters is 1. The molecule has 0 amide bonds. The highest BCUT2D eigenvalue weighted by molar-refractivity contribution is 14.1. The highest BCUT2D eigenvalue weighted by Gasteiger charge is 2.43. The largest absolute Gasteiger partial charge is 0.497 e. The number of hydrogen-bond acceptors (Lipinski definition) is 6. The van der Waals surface area contributed by atoms with Gasteiger partial charge < -0.3 is 23.1 Å². The Morgan fingerprint density at radius 1 is 0.827 bits per heavy atom. The summed E-state index contributed by atoms with van der Waals surface area (Å²) in [4.78, 5) is 14.0. The van der Waals surface area contributed by atoms with Crippen LogP contribution >= 0.6 is 22.6 Å². The van der Waals surface area contributed by atoms with E-state index in [0.717, 1.165) is 59.8 Å². The zero-order chi connectivity index (χ0) is 39.5. The van der Waals surface area contributed by atoms with Crippen LogP contribution in [0.5, 0.6) is 5.75 Å². The van der Waals surface area contributed by atoms with E-state index in [9.17, 15) is 4.79 Å². The monoisotopic (exact) mass is 870 g/mol. The lowest BCUT2D eigenvalue weighted by Gasteiger charge is -2.42. The van der Waals surface area contributed by atoms with Crippen molar-refractivity contribution in [2.24, 2.45) is 17.8 Å². The molecule has 0 saturated carbocycles. The maximum atomic E-state index is 14.0. The van der Waals surface area contributed by atoms with Crippen molar-refractivity contribution in [3.63, 3.8) is 0 Å². The van der Waals surface area contributed by atoms with Gasteiger partial charge in [-0.3, -0.25) is 4.79 Å². The zero-order valence-electron chi connectivity index (χ0n) is 35.6. The lowest BCUT2D eigenvalue weighted by atomic mass is 9.90. The minimum Gasteiger partial charge on any atom is -0.497 e. The summed E-state index contributed by atoms with van der Waals surface area (Å²) in [5.41, 5.74) is 1.12. The molecule has 1 aromatic rings. The van der Waals surface area contributed by atoms with E-state index in [-0.39, 0.29) is 46.4 Å². The fourth-order valence-electron chi connectivity index (χ4n) is 6.06. The topological polar surface area (TPSA) is 63.2 Å². The maximum Gasteiger partial charge on any atom is 0.311 e. The maximum absolute atomic E-state index is 14.0. The number of carbonyl (C=O) groups is 1. The number of halogens is 1. The molecular formula is C43H75IO6Si2. The summed E-state index contributed by atoms with van der Waals surface area (Å²) >= 11 is 2.32. The number of allylic oxidation sites excluding steroid dienone is 3. The van der Waals surface area contributed by atoms with Crippen LogP contribution < -0.4 is 4.74 Å². The minimum atomic E-state index is -2.19. The van der Waals surface area contributed by atoms with Gasteiger partial charge in [0.25, 0.3) is 0 Å². The Morgan fingerprint density at radius 2 is 1.40 bits per heavy atom. The summed E-state index contributed by atoms with van der Waals surface area (Å²) in [7, 11) is -2.60. The molecule has 1 aliphatic heterocycles. The van der Waals surface area contributed by atoms with Gasteiger partial charge in [0.1, 0.15) is 11.9 Å². The zero-order valence-corrected chi connectivity index (χ0v) is 39.7. The van der Waals surface area contributed by atoms with Crippen LogP contribution in [0.2, 0.25) is 36.3 Å². The predicted molar refractivity (Wildman–Crippen MR) is 232 cm³/mol. The van der Waals surface area contributed by atoms with Crippen LogP contribution in [0.3, 0.4) is 0 Å². The molecule has 0 spiro atoms. The Hall–Kier alpha value is -0.986. The van der Waals surface area contributed by atoms with E-state index in [4.69, 9.17) is 23.1 Å². The number of cyclic esters (lactones) is 1. The Balaban J connectivity index is 2.55. The predicted octanol–water partition coefficient (Wildman–Crippen LogP) is 12.8. The van der Waals surface area contributed by atoms with Crippen LogP contribution in [0, 0.1) is 17.8 Å². The summed E-state index contributed by atoms with van der Waals surface area (Å²) in [6.45, 7) is 32.2. The molecule has 0 aliphatic carbocycles. The summed E-state index contributed by atoms with van der Waals surface area (Å²) < 4.78 is 34.1. The summed E-state index contributed by atoms with van der Waals surface area (Å²) in [5.74, 6) is 0.954. The van der Waals surface area contributed by atoms with Crippen molar-refractivity contribution >= 4 is 45.2 Å². The molecule has 6 nitrogen and oxygen atoms in total. The smallest absolute Gasteiger partial charge is 0.311 e. The molecule has 0 unspecified atom stereocenters. The molecule has 0 radical (unpaired) electrons. The second-order valence-corrected chi connectivity index (χ2v) is 29.8. The second-order valence-electron chi connectivity index (χ2n) is 18.6. The van der Waals surface area contributed by atoms with Gasteiger partial charge in [-0.1, -0.05) is 79.7 Å². The number of hydrogen-bond donors (Lipinski definition) is 0. The molecule has 7 atom stereocenters. The minimum absolute atomic E-state index is 0.0210. The Morgan fingerprint density at radius 3 is 1.94 bits per heavy atom. The van der Waals surface area contributed by atoms with Gasteiger partial charge in [-0.05, 0) is 157 Å². The third-order valence-electron chi connectivity index (χ3n) is 11.7. The van der Waals surface area contributed by atoms with Crippen molar-refractivity contribution in [3.05, 3.63) is 51.6 Å². The van der Waals surface area contributed by atoms with Gasteiger partial charge in [0, 0.05) is 0 Å². The highest BCUT2D eigenvalue weighted by Crippen LogP contribution is 2.41. The number of benzene rings is 1. The van der Waals surface area contributed by atoms with Crippen molar-refractivity contribution in [1.82, 2.24) is 0 Å². The first-order valence-corrected chi connectivity index (χ1v) is 26.6. The SMILES string of the molecule is COc1ccc(CO[C@H]2CC[C@H](C)C[C@@H](O[Si](C)(C)C(C)(C)C)[C@H](C)C(=O)O[C@H](/C=C(\C)I)C[C@@H](C)C/C=C/CC[C@@H]2O[Si](C)(C)C(C)(C)C)cc1. The van der Waals surface area contributed by atoms with Crippen molar-refractivity contribution < 1.29 is 27.9 Å². The highest BCUT2D eigenvalue weighted by atomic mass is 127. The lowest BCUT2D eigenvalue weighted by molar-refractivity contribution is -0.155. The number of methoxy groups -OCH3 is 1. The van der Waals surface area contributed by atoms with Crippen molar-refractivity contribution in [1.29, 1.82) is 0 Å². The van der Waals surface area contributed by atoms with Crippen LogP contribution in [0.15, 0.2) is 46.1 Å². The molecule has 0 N–H and O–H groups in total. The Kier molecular flexibility index (Phi) is 18.9. The number of ether oxygens (including phenoxy) is 3. The first kappa shape index (κ1) is 47.2. The van der Waals surface area contributed by atoms with E-state index in [1.165, 1.54) is 0 Å². The van der Waals surface area contributed by atoms with Gasteiger partial charge >= 0.3 is 5.97 Å². The molecule has 52 heavy (non-hydrogen) atoms. The average molecular weight is 871 g/mol. The lowest BCUT2D eigenvalue weighted by Crippen LogP contribution is -2.48. The van der Waals surface area contributed by atoms with Crippen LogP contribution in [-0.4, -0.2) is 54.1 Å². The second kappa shape index (κ2) is 20.8. The molecule has 2 rings (SSSR count). The van der Waals surface area contributed by atoms with Gasteiger partial charge in [-0.15, -0.1) is 0 Å². The normalized spacial score (nSPS) is 28.0. The van der Waals surface area contributed by atoms with E-state index in [1.54, 1.807) is 7.11 Å². The molecular weight excluding hydrogens is 796 g/mol. The molecule has 0 bridgehead atoms. The summed E-state index contributed by atoms with van der Waals surface area (Å²) in [5, 5.41) is 0.103. The Labute approximate surface area is 335 Å². The summed E-state index contributed by atoms with van der Waals surface area (Å²) in [6.07, 6.45) is 12.3. The van der Waals surface area contributed by atoms with Crippen LogP contribution in [0.25, 0.3) is 0 Å². The number of rotatable bonds is 9. The van der Waals surface area contributed by atoms with E-state index in [2.05, 4.69) is 141 Å². The van der Waals surface area contributed by atoms with E-state index < -0.39 is 16.6 Å². The molecule has 298 valence electrons.